The molecule has 1 aromatic heterocycles. The molecule has 2 amide bonds. The fourth-order valence-electron chi connectivity index (χ4n) is 2.71. The van der Waals surface area contributed by atoms with Gasteiger partial charge in [0.1, 0.15) is 11.4 Å². The first kappa shape index (κ1) is 17.0. The summed E-state index contributed by atoms with van der Waals surface area (Å²) >= 11 is 1.37. The number of imide groups is 1. The molecule has 0 unspecified atom stereocenters. The van der Waals surface area contributed by atoms with Crippen molar-refractivity contribution in [1.82, 2.24) is 9.88 Å². The van der Waals surface area contributed by atoms with E-state index in [0.717, 1.165) is 5.75 Å². The summed E-state index contributed by atoms with van der Waals surface area (Å²) in [5.41, 5.74) is 1.52. The van der Waals surface area contributed by atoms with Crippen LogP contribution in [-0.2, 0) is 0 Å². The van der Waals surface area contributed by atoms with Crippen molar-refractivity contribution >= 4 is 23.2 Å². The largest absolute Gasteiger partial charge is 0.431 e. The Kier molecular flexibility index (Phi) is 4.69. The molecule has 0 spiro atoms. The number of hydrogen-bond donors (Lipinski definition) is 0. The van der Waals surface area contributed by atoms with Gasteiger partial charge in [0, 0.05) is 18.3 Å². The third-order valence-corrected chi connectivity index (χ3v) is 4.70. The molecule has 2 heterocycles. The van der Waals surface area contributed by atoms with Crippen LogP contribution >= 0.6 is 11.3 Å². The maximum absolute atomic E-state index is 12.3. The first-order chi connectivity index (χ1) is 13.2. The predicted molar refractivity (Wildman–Crippen MR) is 102 cm³/mol. The number of carbonyl (C=O) groups excluding carboxylic acids is 2. The van der Waals surface area contributed by atoms with Gasteiger partial charge in [0.05, 0.1) is 11.1 Å². The summed E-state index contributed by atoms with van der Waals surface area (Å²) in [5, 5.41) is 2.33. The number of rotatable bonds is 4. The molecule has 4 rings (SSSR count). The van der Waals surface area contributed by atoms with Crippen molar-refractivity contribution in [2.75, 3.05) is 6.54 Å². The minimum Gasteiger partial charge on any atom is -0.431 e. The molecule has 6 heteroatoms. The Morgan fingerprint density at radius 2 is 1.63 bits per heavy atom. The molecular weight excluding hydrogens is 360 g/mol. The van der Waals surface area contributed by atoms with E-state index in [0.29, 0.717) is 28.4 Å². The molecule has 0 radical (unpaired) electrons. The molecule has 0 N–H and O–H groups in total. The molecule has 132 valence electrons. The van der Waals surface area contributed by atoms with Crippen LogP contribution in [0.3, 0.4) is 0 Å². The molecule has 2 aromatic carbocycles. The van der Waals surface area contributed by atoms with E-state index in [4.69, 9.17) is 4.74 Å². The molecule has 0 atom stereocenters. The van der Waals surface area contributed by atoms with Gasteiger partial charge in [-0.1, -0.05) is 47.6 Å². The van der Waals surface area contributed by atoms with Crippen molar-refractivity contribution in [2.45, 2.75) is 6.42 Å². The molecule has 0 bridgehead atoms. The third kappa shape index (κ3) is 3.59. The number of benzene rings is 2. The second kappa shape index (κ2) is 7.44. The highest BCUT2D eigenvalue weighted by Crippen LogP contribution is 2.25. The number of para-hydroxylation sites is 1. The van der Waals surface area contributed by atoms with Crippen molar-refractivity contribution < 1.29 is 14.3 Å². The predicted octanol–water partition coefficient (Wildman–Crippen LogP) is 3.97. The minimum absolute atomic E-state index is 0.260. The highest BCUT2D eigenvalue weighted by atomic mass is 32.1. The quantitative estimate of drug-likeness (QED) is 0.512. The lowest BCUT2D eigenvalue weighted by Gasteiger charge is -2.10. The van der Waals surface area contributed by atoms with E-state index in [1.165, 1.54) is 16.2 Å². The van der Waals surface area contributed by atoms with Gasteiger partial charge in [-0.2, -0.15) is 4.98 Å². The molecule has 0 saturated carbocycles. The maximum atomic E-state index is 12.3. The second-order valence-corrected chi connectivity index (χ2v) is 6.59. The van der Waals surface area contributed by atoms with E-state index in [1.54, 1.807) is 24.3 Å². The zero-order valence-electron chi connectivity index (χ0n) is 14.2. The summed E-state index contributed by atoms with van der Waals surface area (Å²) in [6, 6.07) is 16.3. The fraction of sp³-hybridized carbons (Fsp3) is 0.0952. The lowest BCUT2D eigenvalue weighted by atomic mass is 10.1. The Labute approximate surface area is 160 Å². The molecule has 0 aliphatic carbocycles. The number of nitrogens with zero attached hydrogens (tertiary/aromatic N) is 2. The Balaban J connectivity index is 1.35. The summed E-state index contributed by atoms with van der Waals surface area (Å²) in [4.78, 5) is 30.1. The molecule has 5 nitrogen and oxygen atoms in total. The van der Waals surface area contributed by atoms with Gasteiger partial charge in [-0.15, -0.1) is 0 Å². The number of aromatic nitrogens is 1. The normalized spacial score (nSPS) is 12.5. The van der Waals surface area contributed by atoms with Gasteiger partial charge < -0.3 is 4.74 Å². The highest BCUT2D eigenvalue weighted by molar-refractivity contribution is 7.11. The molecule has 27 heavy (non-hydrogen) atoms. The monoisotopic (exact) mass is 374 g/mol. The number of ether oxygens (including phenoxy) is 1. The molecule has 0 fully saturated rings. The Morgan fingerprint density at radius 1 is 0.963 bits per heavy atom. The Hall–Kier alpha value is -3.43. The smallest absolute Gasteiger partial charge is 0.279 e. The SMILES string of the molecule is O=C1c2ccccc2C(=O)N1CCC#Cc1csc(Oc2ccccc2)n1. The van der Waals surface area contributed by atoms with Crippen LogP contribution in [0.2, 0.25) is 0 Å². The number of amides is 2. The number of hydrogen-bond acceptors (Lipinski definition) is 5. The van der Waals surface area contributed by atoms with Crippen LogP contribution in [-0.4, -0.2) is 28.2 Å². The van der Waals surface area contributed by atoms with E-state index >= 15 is 0 Å². The molecule has 1 aliphatic heterocycles. The average Bonchev–Trinajstić information content (AvgIpc) is 3.24. The van der Waals surface area contributed by atoms with Crippen LogP contribution in [0.4, 0.5) is 0 Å². The van der Waals surface area contributed by atoms with Crippen molar-refractivity contribution in [3.05, 3.63) is 76.8 Å². The van der Waals surface area contributed by atoms with Crippen LogP contribution in [0.15, 0.2) is 60.0 Å². The summed E-state index contributed by atoms with van der Waals surface area (Å²) in [6.45, 7) is 0.261. The van der Waals surface area contributed by atoms with Gasteiger partial charge in [0.15, 0.2) is 0 Å². The summed E-state index contributed by atoms with van der Waals surface area (Å²) in [5.74, 6) is 6.11. The van der Waals surface area contributed by atoms with Crippen molar-refractivity contribution in [1.29, 1.82) is 0 Å². The van der Waals surface area contributed by atoms with Gasteiger partial charge in [0.25, 0.3) is 17.0 Å². The zero-order valence-corrected chi connectivity index (χ0v) is 15.0. The Bertz CT molecular complexity index is 1030. The van der Waals surface area contributed by atoms with E-state index in [-0.39, 0.29) is 18.4 Å². The van der Waals surface area contributed by atoms with Crippen molar-refractivity contribution in [2.24, 2.45) is 0 Å². The van der Waals surface area contributed by atoms with Crippen LogP contribution in [0, 0.1) is 11.8 Å². The Morgan fingerprint density at radius 3 is 2.33 bits per heavy atom. The van der Waals surface area contributed by atoms with Gasteiger partial charge in [0.2, 0.25) is 0 Å². The van der Waals surface area contributed by atoms with Crippen LogP contribution in [0.5, 0.6) is 10.9 Å². The average molecular weight is 374 g/mol. The molecular formula is C21H14N2O3S. The minimum atomic E-state index is -0.260. The second-order valence-electron chi connectivity index (χ2n) is 5.77. The van der Waals surface area contributed by atoms with Gasteiger partial charge >= 0.3 is 0 Å². The molecule has 0 saturated heterocycles. The van der Waals surface area contributed by atoms with E-state index < -0.39 is 0 Å². The summed E-state index contributed by atoms with van der Waals surface area (Å²) < 4.78 is 5.65. The summed E-state index contributed by atoms with van der Waals surface area (Å²) in [7, 11) is 0. The van der Waals surface area contributed by atoms with E-state index in [9.17, 15) is 9.59 Å². The number of thiazole rings is 1. The van der Waals surface area contributed by atoms with Gasteiger partial charge in [-0.25, -0.2) is 0 Å². The molecule has 3 aromatic rings. The van der Waals surface area contributed by atoms with Crippen LogP contribution < -0.4 is 4.74 Å². The van der Waals surface area contributed by atoms with Gasteiger partial charge in [-0.05, 0) is 30.2 Å². The summed E-state index contributed by atoms with van der Waals surface area (Å²) in [6.07, 6.45) is 0.387. The maximum Gasteiger partial charge on any atom is 0.279 e. The lowest BCUT2D eigenvalue weighted by molar-refractivity contribution is 0.0658. The van der Waals surface area contributed by atoms with E-state index in [1.807, 2.05) is 35.7 Å². The van der Waals surface area contributed by atoms with Gasteiger partial charge in [-0.3, -0.25) is 14.5 Å². The van der Waals surface area contributed by atoms with Crippen LogP contribution in [0.25, 0.3) is 0 Å². The first-order valence-corrected chi connectivity index (χ1v) is 9.23. The number of carbonyl (C=O) groups is 2. The fourth-order valence-corrected chi connectivity index (χ4v) is 3.33. The standard InChI is InChI=1S/C21H14N2O3S/c24-19-17-11-4-5-12-18(17)20(25)23(19)13-7-6-8-15-14-27-21(22-15)26-16-9-2-1-3-10-16/h1-5,9-12,14H,7,13H2. The van der Waals surface area contributed by atoms with Crippen LogP contribution in [0.1, 0.15) is 32.8 Å². The topological polar surface area (TPSA) is 59.5 Å². The van der Waals surface area contributed by atoms with Crippen molar-refractivity contribution in [3.8, 4) is 22.8 Å². The lowest BCUT2D eigenvalue weighted by Crippen LogP contribution is -2.30. The zero-order chi connectivity index (χ0) is 18.6. The van der Waals surface area contributed by atoms with E-state index in [2.05, 4.69) is 16.8 Å². The first-order valence-electron chi connectivity index (χ1n) is 8.35. The third-order valence-electron chi connectivity index (χ3n) is 3.99. The molecule has 1 aliphatic rings. The highest BCUT2D eigenvalue weighted by Gasteiger charge is 2.34. The van der Waals surface area contributed by atoms with Crippen molar-refractivity contribution in [3.63, 3.8) is 0 Å². The number of fused-ring (bicyclic) bond motifs is 1.